The Kier molecular flexibility index (Phi) is 4.61. The van der Waals surface area contributed by atoms with Crippen LogP contribution in [0, 0.1) is 6.92 Å². The fraction of sp³-hybridized carbons (Fsp3) is 0.211. The number of nitrogens with zero attached hydrogens (tertiary/aromatic N) is 6. The van der Waals surface area contributed by atoms with Crippen LogP contribution in [0.3, 0.4) is 0 Å². The van der Waals surface area contributed by atoms with Gasteiger partial charge in [-0.1, -0.05) is 36.4 Å². The van der Waals surface area contributed by atoms with Crippen LogP contribution >= 0.6 is 0 Å². The van der Waals surface area contributed by atoms with Crippen molar-refractivity contribution in [2.45, 2.75) is 25.9 Å². The summed E-state index contributed by atoms with van der Waals surface area (Å²) in [7, 11) is 0. The van der Waals surface area contributed by atoms with Crippen molar-refractivity contribution in [2.75, 3.05) is 0 Å². The minimum atomic E-state index is -0.525. The van der Waals surface area contributed by atoms with Gasteiger partial charge in [0.15, 0.2) is 0 Å². The van der Waals surface area contributed by atoms with Gasteiger partial charge in [-0.25, -0.2) is 9.67 Å². The highest BCUT2D eigenvalue weighted by Gasteiger charge is 2.22. The summed E-state index contributed by atoms with van der Waals surface area (Å²) >= 11 is 0. The van der Waals surface area contributed by atoms with E-state index in [0.717, 1.165) is 22.5 Å². The Balaban J connectivity index is 1.52. The van der Waals surface area contributed by atoms with Crippen molar-refractivity contribution >= 4 is 11.6 Å². The van der Waals surface area contributed by atoms with E-state index in [1.807, 2.05) is 60.0 Å². The molecule has 1 aromatic carbocycles. The van der Waals surface area contributed by atoms with E-state index in [1.54, 1.807) is 6.20 Å². The molecule has 0 aliphatic carbocycles. The first kappa shape index (κ1) is 16.9. The number of hydrogen-bond acceptors (Lipinski definition) is 5. The lowest BCUT2D eigenvalue weighted by Gasteiger charge is -2.16. The second-order valence-corrected chi connectivity index (χ2v) is 6.35. The molecule has 4 rings (SSSR count). The Morgan fingerprint density at radius 3 is 2.81 bits per heavy atom. The molecule has 4 aromatic rings. The van der Waals surface area contributed by atoms with E-state index in [1.165, 1.54) is 11.0 Å². The zero-order chi connectivity index (χ0) is 18.6. The Hall–Kier alpha value is -3.55. The molecular formula is C19H19N7O. The quantitative estimate of drug-likeness (QED) is 0.565. The average Bonchev–Trinajstić information content (AvgIpc) is 3.36. The summed E-state index contributed by atoms with van der Waals surface area (Å²) in [5.41, 5.74) is 3.93. The highest BCUT2D eigenvalue weighted by atomic mass is 16.2. The number of imidazole rings is 1. The number of hydrogen-bond donors (Lipinski definition) is 1. The number of aryl methyl sites for hydroxylation is 1. The van der Waals surface area contributed by atoms with Crippen molar-refractivity contribution in [1.82, 2.24) is 34.9 Å². The maximum absolute atomic E-state index is 12.9. The topological polar surface area (TPSA) is 90.0 Å². The molecule has 0 aliphatic rings. The largest absolute Gasteiger partial charge is 0.349 e. The summed E-state index contributed by atoms with van der Waals surface area (Å²) in [6.45, 7) is 2.38. The first-order valence-corrected chi connectivity index (χ1v) is 8.68. The molecule has 1 unspecified atom stereocenters. The van der Waals surface area contributed by atoms with Crippen LogP contribution in [0.15, 0.2) is 61.2 Å². The van der Waals surface area contributed by atoms with Crippen molar-refractivity contribution in [2.24, 2.45) is 0 Å². The normalized spacial score (nSPS) is 12.2. The first-order valence-electron chi connectivity index (χ1n) is 8.68. The SMILES string of the molecule is Cc1cccn2c(CNC(=O)C(Cc3ccccc3)n3cnnn3)cnc12. The highest BCUT2D eigenvalue weighted by molar-refractivity contribution is 5.80. The van der Waals surface area contributed by atoms with Crippen molar-refractivity contribution in [1.29, 1.82) is 0 Å². The molecule has 8 nitrogen and oxygen atoms in total. The molecule has 136 valence electrons. The van der Waals surface area contributed by atoms with Crippen LogP contribution < -0.4 is 5.32 Å². The Morgan fingerprint density at radius 1 is 1.19 bits per heavy atom. The maximum atomic E-state index is 12.9. The van der Waals surface area contributed by atoms with Gasteiger partial charge < -0.3 is 9.72 Å². The molecule has 0 spiro atoms. The van der Waals surface area contributed by atoms with Crippen molar-refractivity contribution in [3.8, 4) is 0 Å². The monoisotopic (exact) mass is 361 g/mol. The molecule has 27 heavy (non-hydrogen) atoms. The van der Waals surface area contributed by atoms with Gasteiger partial charge in [0.2, 0.25) is 5.91 Å². The van der Waals surface area contributed by atoms with Gasteiger partial charge in [-0.05, 0) is 34.5 Å². The molecule has 8 heteroatoms. The summed E-state index contributed by atoms with van der Waals surface area (Å²) in [6, 6.07) is 13.3. The van der Waals surface area contributed by atoms with Gasteiger partial charge in [0.25, 0.3) is 0 Å². The van der Waals surface area contributed by atoms with Crippen LogP contribution in [0.4, 0.5) is 0 Å². The molecular weight excluding hydrogens is 342 g/mol. The third-order valence-electron chi connectivity index (χ3n) is 4.51. The van der Waals surface area contributed by atoms with Gasteiger partial charge in [0.05, 0.1) is 18.4 Å². The number of aromatic nitrogens is 6. The van der Waals surface area contributed by atoms with Crippen LogP contribution in [0.1, 0.15) is 22.9 Å². The van der Waals surface area contributed by atoms with Gasteiger partial charge in [-0.15, -0.1) is 5.10 Å². The summed E-state index contributed by atoms with van der Waals surface area (Å²) in [5, 5.41) is 14.2. The summed E-state index contributed by atoms with van der Waals surface area (Å²) in [4.78, 5) is 17.3. The fourth-order valence-corrected chi connectivity index (χ4v) is 3.08. The number of benzene rings is 1. The van der Waals surface area contributed by atoms with Gasteiger partial charge >= 0.3 is 0 Å². The highest BCUT2D eigenvalue weighted by Crippen LogP contribution is 2.15. The third kappa shape index (κ3) is 3.55. The van der Waals surface area contributed by atoms with Crippen molar-refractivity contribution in [3.63, 3.8) is 0 Å². The lowest BCUT2D eigenvalue weighted by atomic mass is 10.1. The number of pyridine rings is 1. The van der Waals surface area contributed by atoms with E-state index in [2.05, 4.69) is 25.8 Å². The van der Waals surface area contributed by atoms with Crippen molar-refractivity contribution < 1.29 is 4.79 Å². The van der Waals surface area contributed by atoms with Gasteiger partial charge in [-0.2, -0.15) is 0 Å². The molecule has 1 N–H and O–H groups in total. The maximum Gasteiger partial charge on any atom is 0.245 e. The molecule has 3 heterocycles. The smallest absolute Gasteiger partial charge is 0.245 e. The number of nitrogens with one attached hydrogen (secondary N) is 1. The van der Waals surface area contributed by atoms with Crippen LogP contribution in [-0.2, 0) is 17.8 Å². The molecule has 1 amide bonds. The average molecular weight is 361 g/mol. The molecule has 3 aromatic heterocycles. The summed E-state index contributed by atoms with van der Waals surface area (Å²) in [5.74, 6) is -0.145. The Labute approximate surface area is 155 Å². The predicted octanol–water partition coefficient (Wildman–Crippen LogP) is 1.73. The molecule has 1 atom stereocenters. The van der Waals surface area contributed by atoms with E-state index in [-0.39, 0.29) is 5.91 Å². The van der Waals surface area contributed by atoms with E-state index >= 15 is 0 Å². The van der Waals surface area contributed by atoms with Crippen LogP contribution in [0.5, 0.6) is 0 Å². The molecule has 0 saturated heterocycles. The Bertz CT molecular complexity index is 1040. The second-order valence-electron chi connectivity index (χ2n) is 6.35. The number of amides is 1. The standard InChI is InChI=1S/C19H19N7O/c1-14-6-5-9-25-16(11-20-18(14)25)12-21-19(27)17(26-13-22-23-24-26)10-15-7-3-2-4-8-15/h2-9,11,13,17H,10,12H2,1H3,(H,21,27). The predicted molar refractivity (Wildman–Crippen MR) is 98.8 cm³/mol. The second kappa shape index (κ2) is 7.36. The van der Waals surface area contributed by atoms with E-state index in [4.69, 9.17) is 0 Å². The van der Waals surface area contributed by atoms with E-state index in [9.17, 15) is 4.79 Å². The molecule has 0 fully saturated rings. The van der Waals surface area contributed by atoms with E-state index in [0.29, 0.717) is 13.0 Å². The number of carbonyl (C=O) groups is 1. The lowest BCUT2D eigenvalue weighted by molar-refractivity contribution is -0.124. The molecule has 0 radical (unpaired) electrons. The molecule has 0 aliphatic heterocycles. The van der Waals surface area contributed by atoms with Crippen LogP contribution in [-0.4, -0.2) is 35.5 Å². The minimum absolute atomic E-state index is 0.145. The van der Waals surface area contributed by atoms with E-state index < -0.39 is 6.04 Å². The Morgan fingerprint density at radius 2 is 2.04 bits per heavy atom. The lowest BCUT2D eigenvalue weighted by Crippen LogP contribution is -2.34. The van der Waals surface area contributed by atoms with Gasteiger partial charge in [-0.3, -0.25) is 4.79 Å². The van der Waals surface area contributed by atoms with Crippen LogP contribution in [0.25, 0.3) is 5.65 Å². The number of fused-ring (bicyclic) bond motifs is 1. The fourth-order valence-electron chi connectivity index (χ4n) is 3.08. The van der Waals surface area contributed by atoms with Gasteiger partial charge in [0.1, 0.15) is 18.0 Å². The number of rotatable bonds is 6. The van der Waals surface area contributed by atoms with Crippen molar-refractivity contribution in [3.05, 3.63) is 78.0 Å². The number of carbonyl (C=O) groups excluding carboxylic acids is 1. The zero-order valence-corrected chi connectivity index (χ0v) is 14.9. The third-order valence-corrected chi connectivity index (χ3v) is 4.51. The summed E-state index contributed by atoms with van der Waals surface area (Å²) in [6.07, 6.45) is 5.69. The molecule has 0 bridgehead atoms. The number of tetrazole rings is 1. The summed E-state index contributed by atoms with van der Waals surface area (Å²) < 4.78 is 3.47. The zero-order valence-electron chi connectivity index (χ0n) is 14.9. The first-order chi connectivity index (χ1) is 13.2. The van der Waals surface area contributed by atoms with Crippen LogP contribution in [0.2, 0.25) is 0 Å². The molecule has 0 saturated carbocycles. The van der Waals surface area contributed by atoms with Gasteiger partial charge in [0, 0.05) is 12.6 Å². The minimum Gasteiger partial charge on any atom is -0.349 e.